The van der Waals surface area contributed by atoms with E-state index in [0.29, 0.717) is 11.1 Å². The maximum absolute atomic E-state index is 12.5. The molecule has 0 spiro atoms. The Morgan fingerprint density at radius 1 is 1.16 bits per heavy atom. The van der Waals surface area contributed by atoms with E-state index < -0.39 is 55.4 Å². The molecular weight excluding hydrogens is 492 g/mol. The molecule has 0 aromatic heterocycles. The van der Waals surface area contributed by atoms with Gasteiger partial charge in [-0.05, 0) is 30.7 Å². The largest absolute Gasteiger partial charge is 0.504 e. The van der Waals surface area contributed by atoms with Gasteiger partial charge in [-0.15, -0.1) is 0 Å². The number of phenolic OH excluding ortho intramolecular Hbond substituents is 1. The van der Waals surface area contributed by atoms with Gasteiger partial charge in [0.1, 0.15) is 30.5 Å². The van der Waals surface area contributed by atoms with Crippen molar-refractivity contribution in [2.24, 2.45) is 0 Å². The minimum Gasteiger partial charge on any atom is -0.504 e. The van der Waals surface area contributed by atoms with Gasteiger partial charge in [-0.3, -0.25) is 0 Å². The number of methoxy groups -OCH3 is 1. The van der Waals surface area contributed by atoms with Crippen LogP contribution in [0.5, 0.6) is 11.5 Å². The molecule has 6 N–H and O–H groups in total. The van der Waals surface area contributed by atoms with Crippen LogP contribution in [0.4, 0.5) is 0 Å². The molecular formula is C25H30O12. The van der Waals surface area contributed by atoms with E-state index in [-0.39, 0.29) is 35.7 Å². The third kappa shape index (κ3) is 6.55. The number of rotatable bonds is 9. The Balaban J connectivity index is 1.70. The number of hydrogen-bond donors (Lipinski definition) is 6. The second kappa shape index (κ2) is 12.3. The standard InChI is InChI=1S/C25H30O12/c1-12-9-16(36-19(28)6-4-13-3-5-15(27)17(10-13)34-2)14(20(12)24(32)33)7-8-35-25-23(31)22(30)21(29)18(11-26)37-25/h3-7,10,16,18,21-23,25-27,29-31H,8-9,11H2,1-2H3,(H,32,33)/b6-4+,14-7-/t16?,18-,21-,22+,23-,25-/m0/s1. The first-order valence-electron chi connectivity index (χ1n) is 11.4. The lowest BCUT2D eigenvalue weighted by Gasteiger charge is -2.39. The highest BCUT2D eigenvalue weighted by Gasteiger charge is 2.44. The van der Waals surface area contributed by atoms with Crippen LogP contribution in [0.25, 0.3) is 6.08 Å². The molecule has 1 heterocycles. The summed E-state index contributed by atoms with van der Waals surface area (Å²) in [5, 5.41) is 58.5. The van der Waals surface area contributed by atoms with Crippen LogP contribution in [-0.4, -0.2) is 99.7 Å². The molecule has 0 saturated carbocycles. The third-order valence-electron chi connectivity index (χ3n) is 6.05. The Labute approximate surface area is 212 Å². The van der Waals surface area contributed by atoms with E-state index in [1.807, 2.05) is 0 Å². The molecule has 1 aliphatic carbocycles. The molecule has 3 rings (SSSR count). The number of benzene rings is 1. The van der Waals surface area contributed by atoms with Gasteiger partial charge < -0.3 is 49.6 Å². The van der Waals surface area contributed by atoms with Crippen LogP contribution < -0.4 is 4.74 Å². The minimum atomic E-state index is -1.62. The Morgan fingerprint density at radius 3 is 2.54 bits per heavy atom. The fraction of sp³-hybridized carbons (Fsp3) is 0.440. The molecule has 1 fully saturated rings. The second-order valence-corrected chi connectivity index (χ2v) is 8.54. The van der Waals surface area contributed by atoms with E-state index in [1.54, 1.807) is 13.0 Å². The van der Waals surface area contributed by atoms with Crippen LogP contribution in [0.3, 0.4) is 0 Å². The summed E-state index contributed by atoms with van der Waals surface area (Å²) in [7, 11) is 1.39. The molecule has 12 nitrogen and oxygen atoms in total. The van der Waals surface area contributed by atoms with Crippen LogP contribution in [0.2, 0.25) is 0 Å². The van der Waals surface area contributed by atoms with Gasteiger partial charge in [0, 0.05) is 18.1 Å². The normalized spacial score (nSPS) is 29.2. The van der Waals surface area contributed by atoms with Crippen molar-refractivity contribution in [3.05, 3.63) is 52.6 Å². The zero-order chi connectivity index (χ0) is 27.3. The van der Waals surface area contributed by atoms with E-state index in [2.05, 4.69) is 0 Å². The summed E-state index contributed by atoms with van der Waals surface area (Å²) in [6.07, 6.45) is -4.16. The minimum absolute atomic E-state index is 0.0394. The van der Waals surface area contributed by atoms with Gasteiger partial charge in [-0.25, -0.2) is 9.59 Å². The van der Waals surface area contributed by atoms with E-state index in [9.17, 15) is 40.2 Å². The molecule has 1 aromatic carbocycles. The van der Waals surface area contributed by atoms with Crippen molar-refractivity contribution in [1.82, 2.24) is 0 Å². The molecule has 6 atom stereocenters. The monoisotopic (exact) mass is 522 g/mol. The summed E-state index contributed by atoms with van der Waals surface area (Å²) in [5.74, 6) is -1.79. The molecule has 0 radical (unpaired) electrons. The fourth-order valence-electron chi connectivity index (χ4n) is 4.12. The SMILES string of the molecule is COc1cc(/C=C/C(=O)OC2CC(C)=C(C(=O)O)/C2=C\CO[C@H]2O[C@@H](CO)[C@H](O)[C@@H](O)[C@@H]2O)ccc1O. The highest BCUT2D eigenvalue weighted by Crippen LogP contribution is 2.34. The Morgan fingerprint density at radius 2 is 1.89 bits per heavy atom. The van der Waals surface area contributed by atoms with Crippen molar-refractivity contribution in [3.8, 4) is 11.5 Å². The van der Waals surface area contributed by atoms with Gasteiger partial charge in [0.15, 0.2) is 17.8 Å². The number of carbonyl (C=O) groups excluding carboxylic acids is 1. The highest BCUT2D eigenvalue weighted by atomic mass is 16.7. The Kier molecular flexibility index (Phi) is 9.43. The maximum Gasteiger partial charge on any atom is 0.336 e. The van der Waals surface area contributed by atoms with E-state index in [0.717, 1.165) is 6.08 Å². The van der Waals surface area contributed by atoms with Crippen molar-refractivity contribution in [3.63, 3.8) is 0 Å². The highest BCUT2D eigenvalue weighted by molar-refractivity contribution is 5.95. The van der Waals surface area contributed by atoms with Gasteiger partial charge in [-0.2, -0.15) is 0 Å². The number of carbonyl (C=O) groups is 2. The lowest BCUT2D eigenvalue weighted by molar-refractivity contribution is -0.298. The molecule has 0 bridgehead atoms. The van der Waals surface area contributed by atoms with Crippen molar-refractivity contribution in [2.45, 2.75) is 50.2 Å². The first-order chi connectivity index (χ1) is 17.6. The van der Waals surface area contributed by atoms with Crippen molar-refractivity contribution in [1.29, 1.82) is 0 Å². The number of carboxylic acids is 1. The van der Waals surface area contributed by atoms with Gasteiger partial charge in [0.05, 0.1) is 25.9 Å². The smallest absolute Gasteiger partial charge is 0.336 e. The number of aromatic hydroxyl groups is 1. The summed E-state index contributed by atoms with van der Waals surface area (Å²) < 4.78 is 21.2. The lowest BCUT2D eigenvalue weighted by Crippen LogP contribution is -2.59. The molecule has 37 heavy (non-hydrogen) atoms. The topological polar surface area (TPSA) is 192 Å². The van der Waals surface area contributed by atoms with Gasteiger partial charge in [-0.1, -0.05) is 17.7 Å². The molecule has 0 amide bonds. The van der Waals surface area contributed by atoms with Crippen molar-refractivity contribution < 1.29 is 59.2 Å². The summed E-state index contributed by atoms with van der Waals surface area (Å²) in [5.41, 5.74) is 1.18. The van der Waals surface area contributed by atoms with Crippen LogP contribution in [0, 0.1) is 0 Å². The van der Waals surface area contributed by atoms with E-state index in [4.69, 9.17) is 18.9 Å². The molecule has 1 unspecified atom stereocenters. The third-order valence-corrected chi connectivity index (χ3v) is 6.05. The van der Waals surface area contributed by atoms with Crippen LogP contribution in [0.15, 0.2) is 47.1 Å². The number of aliphatic hydroxyl groups is 4. The summed E-state index contributed by atoms with van der Waals surface area (Å²) >= 11 is 0. The zero-order valence-electron chi connectivity index (χ0n) is 20.2. The van der Waals surface area contributed by atoms with Crippen LogP contribution in [0.1, 0.15) is 18.9 Å². The first kappa shape index (κ1) is 28.3. The molecule has 12 heteroatoms. The second-order valence-electron chi connectivity index (χ2n) is 8.54. The Hall–Kier alpha value is -3.26. The number of ether oxygens (including phenoxy) is 4. The predicted molar refractivity (Wildman–Crippen MR) is 126 cm³/mol. The first-order valence-corrected chi connectivity index (χ1v) is 11.4. The summed E-state index contributed by atoms with van der Waals surface area (Å²) in [6, 6.07) is 4.49. The molecule has 1 saturated heterocycles. The lowest BCUT2D eigenvalue weighted by atomic mass is 9.99. The number of aliphatic hydroxyl groups excluding tert-OH is 4. The van der Waals surface area contributed by atoms with Gasteiger partial charge >= 0.3 is 11.9 Å². The zero-order valence-corrected chi connectivity index (χ0v) is 20.2. The number of hydrogen-bond acceptors (Lipinski definition) is 11. The van der Waals surface area contributed by atoms with Crippen LogP contribution >= 0.6 is 0 Å². The van der Waals surface area contributed by atoms with Crippen LogP contribution in [-0.2, 0) is 23.8 Å². The average Bonchev–Trinajstić information content (AvgIpc) is 3.17. The quantitative estimate of drug-likeness (QED) is 0.186. The molecule has 1 aromatic rings. The van der Waals surface area contributed by atoms with Gasteiger partial charge in [0.25, 0.3) is 0 Å². The molecule has 202 valence electrons. The van der Waals surface area contributed by atoms with Crippen molar-refractivity contribution >= 4 is 18.0 Å². The average molecular weight is 523 g/mol. The molecule has 1 aliphatic heterocycles. The number of phenols is 1. The number of esters is 1. The Bertz CT molecular complexity index is 1090. The van der Waals surface area contributed by atoms with E-state index in [1.165, 1.54) is 31.4 Å². The number of aliphatic carboxylic acids is 1. The van der Waals surface area contributed by atoms with Gasteiger partial charge in [0.2, 0.25) is 0 Å². The summed E-state index contributed by atoms with van der Waals surface area (Å²) in [4.78, 5) is 24.3. The van der Waals surface area contributed by atoms with E-state index >= 15 is 0 Å². The van der Waals surface area contributed by atoms with Crippen molar-refractivity contribution in [2.75, 3.05) is 20.3 Å². The number of carboxylic acid groups (broad SMARTS) is 1. The maximum atomic E-state index is 12.5. The predicted octanol–water partition coefficient (Wildman–Crippen LogP) is -0.126. The summed E-state index contributed by atoms with van der Waals surface area (Å²) in [6.45, 7) is 0.681. The fourth-order valence-corrected chi connectivity index (χ4v) is 4.12. The molecule has 2 aliphatic rings.